The van der Waals surface area contributed by atoms with Gasteiger partial charge in [-0.25, -0.2) is 0 Å². The fraction of sp³-hybridized carbons (Fsp3) is 0.171. The molecule has 0 aliphatic carbocycles. The summed E-state index contributed by atoms with van der Waals surface area (Å²) in [5, 5.41) is 52.4. The second-order valence-electron chi connectivity index (χ2n) is 9.94. The number of allylic oxidation sites excluding steroid dienone is 2. The fourth-order valence-corrected chi connectivity index (χ4v) is 4.72. The Labute approximate surface area is 244 Å². The molecule has 0 spiro atoms. The summed E-state index contributed by atoms with van der Waals surface area (Å²) >= 11 is 0. The number of methoxy groups -OCH3 is 1. The van der Waals surface area contributed by atoms with Crippen LogP contribution in [0, 0.1) is 0 Å². The van der Waals surface area contributed by atoms with Gasteiger partial charge in [0, 0.05) is 17.5 Å². The molecule has 0 unspecified atom stereocenters. The van der Waals surface area contributed by atoms with Crippen molar-refractivity contribution in [1.82, 2.24) is 0 Å². The van der Waals surface area contributed by atoms with Crippen LogP contribution >= 0.6 is 0 Å². The smallest absolute Gasteiger partial charge is 0.193 e. The van der Waals surface area contributed by atoms with Crippen LogP contribution in [0.1, 0.15) is 51.4 Å². The van der Waals surface area contributed by atoms with E-state index in [4.69, 9.17) is 4.74 Å². The second-order valence-corrected chi connectivity index (χ2v) is 9.94. The van der Waals surface area contributed by atoms with Crippen molar-refractivity contribution < 1.29 is 35.1 Å². The van der Waals surface area contributed by atoms with Crippen molar-refractivity contribution in [1.29, 1.82) is 0 Å². The van der Waals surface area contributed by atoms with Crippen LogP contribution in [-0.4, -0.2) is 44.5 Å². The van der Waals surface area contributed by atoms with Gasteiger partial charge in [0.15, 0.2) is 5.78 Å². The molecule has 2 atom stereocenters. The SMILES string of the molecule is COc1cc(O)c([C@@H](C=CC[C@@H](O)CCc2ccccc2)c2ccc(O)cc2)c(O)c1C(=O)C=Cc1ccc(O)cc1. The van der Waals surface area contributed by atoms with Crippen LogP contribution in [-0.2, 0) is 6.42 Å². The van der Waals surface area contributed by atoms with Gasteiger partial charge in [0.1, 0.15) is 34.3 Å². The van der Waals surface area contributed by atoms with Crippen LogP contribution in [0.5, 0.6) is 28.7 Å². The maximum atomic E-state index is 13.3. The number of aromatic hydroxyl groups is 4. The number of ketones is 1. The molecule has 0 radical (unpaired) electrons. The summed E-state index contributed by atoms with van der Waals surface area (Å²) in [7, 11) is 1.34. The van der Waals surface area contributed by atoms with Crippen molar-refractivity contribution >= 4 is 11.9 Å². The third-order valence-electron chi connectivity index (χ3n) is 6.98. The predicted octanol–water partition coefficient (Wildman–Crippen LogP) is 6.49. The molecular weight excluding hydrogens is 532 g/mol. The molecule has 7 heteroatoms. The first-order chi connectivity index (χ1) is 20.3. The highest BCUT2D eigenvalue weighted by molar-refractivity contribution is 6.11. The van der Waals surface area contributed by atoms with Gasteiger partial charge in [-0.15, -0.1) is 0 Å². The average molecular weight is 567 g/mol. The molecule has 0 fully saturated rings. The van der Waals surface area contributed by atoms with E-state index >= 15 is 0 Å². The predicted molar refractivity (Wildman–Crippen MR) is 162 cm³/mol. The summed E-state index contributed by atoms with van der Waals surface area (Å²) in [5.41, 5.74) is 2.39. The van der Waals surface area contributed by atoms with Gasteiger partial charge in [0.05, 0.1) is 13.2 Å². The molecule has 4 rings (SSSR count). The van der Waals surface area contributed by atoms with E-state index in [1.54, 1.807) is 42.5 Å². The third-order valence-corrected chi connectivity index (χ3v) is 6.98. The fourth-order valence-electron chi connectivity index (χ4n) is 4.72. The standard InChI is InChI=1S/C35H34O7/c1-42-32-22-31(40)33(35(41)34(32)30(39)21-13-24-11-17-27(37)18-12-24)29(25-14-19-28(38)20-15-25)9-5-8-26(36)16-10-23-6-3-2-4-7-23/h2-7,9,11-15,17-22,26,29,36-38,40-41H,8,10,16H2,1H3/t26-,29+/m1/s1. The third kappa shape index (κ3) is 7.59. The Morgan fingerprint density at radius 1 is 0.881 bits per heavy atom. The summed E-state index contributed by atoms with van der Waals surface area (Å²) < 4.78 is 5.34. The Balaban J connectivity index is 1.65. The lowest BCUT2D eigenvalue weighted by Crippen LogP contribution is -2.08. The molecule has 216 valence electrons. The van der Waals surface area contributed by atoms with Crippen LogP contribution in [0.4, 0.5) is 0 Å². The van der Waals surface area contributed by atoms with E-state index in [1.807, 2.05) is 30.3 Å². The molecule has 4 aromatic carbocycles. The van der Waals surface area contributed by atoms with Crippen molar-refractivity contribution in [3.63, 3.8) is 0 Å². The molecule has 4 aromatic rings. The number of hydrogen-bond donors (Lipinski definition) is 5. The van der Waals surface area contributed by atoms with Gasteiger partial charge in [0.2, 0.25) is 0 Å². The molecule has 0 aromatic heterocycles. The Bertz CT molecular complexity index is 1540. The second kappa shape index (κ2) is 14.1. The molecule has 5 N–H and O–H groups in total. The van der Waals surface area contributed by atoms with Gasteiger partial charge in [-0.05, 0) is 66.3 Å². The van der Waals surface area contributed by atoms with Crippen LogP contribution in [0.2, 0.25) is 0 Å². The number of rotatable bonds is 12. The van der Waals surface area contributed by atoms with Crippen molar-refractivity contribution in [2.24, 2.45) is 0 Å². The van der Waals surface area contributed by atoms with E-state index < -0.39 is 23.6 Å². The van der Waals surface area contributed by atoms with Gasteiger partial charge < -0.3 is 30.3 Å². The summed E-state index contributed by atoms with van der Waals surface area (Å²) in [5.74, 6) is -1.85. The maximum absolute atomic E-state index is 13.3. The van der Waals surface area contributed by atoms with Crippen LogP contribution in [0.25, 0.3) is 6.08 Å². The Hall–Kier alpha value is -5.01. The summed E-state index contributed by atoms with van der Waals surface area (Å²) in [6.07, 6.45) is 7.36. The number of phenols is 4. The van der Waals surface area contributed by atoms with E-state index in [9.17, 15) is 30.3 Å². The van der Waals surface area contributed by atoms with Crippen molar-refractivity contribution in [3.05, 3.63) is 131 Å². The number of carbonyl (C=O) groups is 1. The molecule has 0 aliphatic heterocycles. The van der Waals surface area contributed by atoms with Crippen LogP contribution in [0.3, 0.4) is 0 Å². The summed E-state index contributed by atoms with van der Waals surface area (Å²) in [4.78, 5) is 13.3. The average Bonchev–Trinajstić information content (AvgIpc) is 2.99. The molecule has 0 heterocycles. The summed E-state index contributed by atoms with van der Waals surface area (Å²) in [6.45, 7) is 0. The van der Waals surface area contributed by atoms with E-state index in [2.05, 4.69) is 0 Å². The number of benzene rings is 4. The first-order valence-electron chi connectivity index (χ1n) is 13.6. The quantitative estimate of drug-likeness (QED) is 0.0754. The van der Waals surface area contributed by atoms with Gasteiger partial charge in [-0.2, -0.15) is 0 Å². The monoisotopic (exact) mass is 566 g/mol. The molecule has 0 saturated carbocycles. The number of aryl methyl sites for hydroxylation is 1. The number of hydrogen-bond acceptors (Lipinski definition) is 7. The molecule has 0 amide bonds. The van der Waals surface area contributed by atoms with Gasteiger partial charge in [-0.1, -0.05) is 72.8 Å². The Kier molecular flexibility index (Phi) is 10.0. The minimum Gasteiger partial charge on any atom is -0.508 e. The lowest BCUT2D eigenvalue weighted by Gasteiger charge is -2.20. The number of aliphatic hydroxyl groups excluding tert-OH is 1. The number of carbonyl (C=O) groups excluding carboxylic acids is 1. The topological polar surface area (TPSA) is 127 Å². The highest BCUT2D eigenvalue weighted by Crippen LogP contribution is 2.45. The highest BCUT2D eigenvalue weighted by Gasteiger charge is 2.27. The molecule has 7 nitrogen and oxygen atoms in total. The van der Waals surface area contributed by atoms with E-state index in [-0.39, 0.29) is 34.1 Å². The van der Waals surface area contributed by atoms with Gasteiger partial charge in [-0.3, -0.25) is 4.79 Å². The van der Waals surface area contributed by atoms with Crippen LogP contribution < -0.4 is 4.74 Å². The van der Waals surface area contributed by atoms with E-state index in [1.165, 1.54) is 43.5 Å². The zero-order valence-electron chi connectivity index (χ0n) is 23.2. The molecule has 0 saturated heterocycles. The van der Waals surface area contributed by atoms with Gasteiger partial charge >= 0.3 is 0 Å². The maximum Gasteiger partial charge on any atom is 0.193 e. The molecule has 42 heavy (non-hydrogen) atoms. The van der Waals surface area contributed by atoms with E-state index in [0.717, 1.165) is 12.0 Å². The minimum atomic E-state index is -0.717. The van der Waals surface area contributed by atoms with Crippen molar-refractivity contribution in [2.45, 2.75) is 31.3 Å². The van der Waals surface area contributed by atoms with Crippen molar-refractivity contribution in [3.8, 4) is 28.7 Å². The zero-order valence-corrected chi connectivity index (χ0v) is 23.2. The Morgan fingerprint density at radius 3 is 2.17 bits per heavy atom. The largest absolute Gasteiger partial charge is 0.508 e. The first kappa shape index (κ1) is 30.0. The normalized spacial score (nSPS) is 12.9. The first-order valence-corrected chi connectivity index (χ1v) is 13.6. The van der Waals surface area contributed by atoms with Gasteiger partial charge in [0.25, 0.3) is 0 Å². The Morgan fingerprint density at radius 2 is 1.52 bits per heavy atom. The van der Waals surface area contributed by atoms with Crippen molar-refractivity contribution in [2.75, 3.05) is 7.11 Å². The number of ether oxygens (including phenoxy) is 1. The zero-order chi connectivity index (χ0) is 30.1. The van der Waals surface area contributed by atoms with Crippen LogP contribution in [0.15, 0.2) is 103 Å². The number of phenolic OH excluding ortho intramolecular Hbond substituents is 4. The highest BCUT2D eigenvalue weighted by atomic mass is 16.5. The number of aliphatic hydroxyl groups is 1. The minimum absolute atomic E-state index is 0.00104. The lowest BCUT2D eigenvalue weighted by atomic mass is 9.86. The molecular formula is C35H34O7. The van der Waals surface area contributed by atoms with E-state index in [0.29, 0.717) is 24.0 Å². The molecule has 0 aliphatic rings. The molecule has 0 bridgehead atoms. The summed E-state index contributed by atoms with van der Waals surface area (Å²) in [6, 6.07) is 23.7. The lowest BCUT2D eigenvalue weighted by molar-refractivity contribution is 0.104.